The van der Waals surface area contributed by atoms with E-state index in [2.05, 4.69) is 12.2 Å². The first-order valence-electron chi connectivity index (χ1n) is 9.90. The van der Waals surface area contributed by atoms with Crippen molar-refractivity contribution >= 4 is 5.91 Å². The molecular weight excluding hydrogens is 288 g/mol. The number of ether oxygens (including phenoxy) is 1. The summed E-state index contributed by atoms with van der Waals surface area (Å²) in [6.45, 7) is 3.78. The molecule has 0 saturated carbocycles. The van der Waals surface area contributed by atoms with Crippen molar-refractivity contribution in [3.63, 3.8) is 0 Å². The van der Waals surface area contributed by atoms with Gasteiger partial charge in [-0.15, -0.1) is 0 Å². The minimum atomic E-state index is -0.229. The summed E-state index contributed by atoms with van der Waals surface area (Å²) in [6.07, 6.45) is 16.7. The molecule has 0 aliphatic carbocycles. The maximum atomic E-state index is 11.5. The van der Waals surface area contributed by atoms with Crippen LogP contribution in [-0.2, 0) is 9.53 Å². The van der Waals surface area contributed by atoms with Crippen molar-refractivity contribution in [2.24, 2.45) is 11.7 Å². The fraction of sp³-hybridized carbons (Fsp3) is 0.947. The van der Waals surface area contributed by atoms with Gasteiger partial charge in [0.05, 0.1) is 12.5 Å². The number of rotatable bonds is 15. The van der Waals surface area contributed by atoms with Gasteiger partial charge in [0.1, 0.15) is 6.23 Å². The van der Waals surface area contributed by atoms with Gasteiger partial charge in [0.15, 0.2) is 0 Å². The Balaban J connectivity index is 1.89. The van der Waals surface area contributed by atoms with Gasteiger partial charge >= 0.3 is 0 Å². The number of hydrogen-bond donors (Lipinski definition) is 2. The van der Waals surface area contributed by atoms with Crippen LogP contribution in [-0.4, -0.2) is 25.3 Å². The van der Waals surface area contributed by atoms with Crippen molar-refractivity contribution < 1.29 is 9.53 Å². The summed E-state index contributed by atoms with van der Waals surface area (Å²) in [5.41, 5.74) is 5.50. The van der Waals surface area contributed by atoms with Crippen molar-refractivity contribution in [3.8, 4) is 0 Å². The van der Waals surface area contributed by atoms with Gasteiger partial charge in [-0.1, -0.05) is 84.0 Å². The predicted octanol–water partition coefficient (Wildman–Crippen LogP) is 4.13. The van der Waals surface area contributed by atoms with E-state index in [1.165, 1.54) is 70.6 Å². The second-order valence-corrected chi connectivity index (χ2v) is 6.93. The minimum Gasteiger partial charge on any atom is -0.369 e. The van der Waals surface area contributed by atoms with Gasteiger partial charge in [0, 0.05) is 6.54 Å². The van der Waals surface area contributed by atoms with Gasteiger partial charge in [0.2, 0.25) is 5.91 Å². The molecule has 1 saturated heterocycles. The molecule has 3 N–H and O–H groups in total. The molecule has 1 aliphatic heterocycles. The van der Waals surface area contributed by atoms with E-state index in [0.29, 0.717) is 6.61 Å². The van der Waals surface area contributed by atoms with Crippen LogP contribution < -0.4 is 11.1 Å². The van der Waals surface area contributed by atoms with E-state index in [9.17, 15) is 4.79 Å². The van der Waals surface area contributed by atoms with E-state index in [0.717, 1.165) is 19.4 Å². The zero-order valence-electron chi connectivity index (χ0n) is 15.2. The maximum Gasteiger partial charge on any atom is 0.224 e. The molecule has 2 atom stereocenters. The Hall–Kier alpha value is -0.610. The highest BCUT2D eigenvalue weighted by Crippen LogP contribution is 2.18. The number of carbonyl (C=O) groups excluding carboxylic acids is 1. The van der Waals surface area contributed by atoms with Crippen LogP contribution in [0.3, 0.4) is 0 Å². The van der Waals surface area contributed by atoms with E-state index >= 15 is 0 Å². The first-order valence-corrected chi connectivity index (χ1v) is 9.90. The van der Waals surface area contributed by atoms with E-state index in [-0.39, 0.29) is 18.1 Å². The third-order valence-corrected chi connectivity index (χ3v) is 4.84. The zero-order chi connectivity index (χ0) is 16.8. The Morgan fingerprint density at radius 2 is 1.52 bits per heavy atom. The van der Waals surface area contributed by atoms with Crippen molar-refractivity contribution in [1.82, 2.24) is 5.32 Å². The topological polar surface area (TPSA) is 64.4 Å². The minimum absolute atomic E-state index is 0.153. The van der Waals surface area contributed by atoms with Gasteiger partial charge < -0.3 is 10.5 Å². The molecule has 0 spiro atoms. The average Bonchev–Trinajstić information content (AvgIpc) is 3.05. The smallest absolute Gasteiger partial charge is 0.224 e. The quantitative estimate of drug-likeness (QED) is 0.445. The van der Waals surface area contributed by atoms with Crippen LogP contribution in [0.25, 0.3) is 0 Å². The molecule has 0 aromatic rings. The van der Waals surface area contributed by atoms with Crippen LogP contribution >= 0.6 is 0 Å². The largest absolute Gasteiger partial charge is 0.369 e. The predicted molar refractivity (Wildman–Crippen MR) is 96.1 cm³/mol. The summed E-state index contributed by atoms with van der Waals surface area (Å²) in [6, 6.07) is 0. The average molecular weight is 327 g/mol. The molecule has 0 radical (unpaired) electrons. The molecule has 2 unspecified atom stereocenters. The lowest BCUT2D eigenvalue weighted by Gasteiger charge is -2.19. The summed E-state index contributed by atoms with van der Waals surface area (Å²) in [4.78, 5) is 11.5. The number of unbranched alkanes of at least 4 members (excludes halogenated alkanes) is 11. The standard InChI is InChI=1S/C19H38N2O2/c1-2-3-4-5-6-7-8-9-10-11-12-13-14-17(18(20)22)19-21-15-16-23-19/h17,19,21H,2-16H2,1H3,(H2,20,22). The summed E-state index contributed by atoms with van der Waals surface area (Å²) in [5, 5.41) is 3.21. The van der Waals surface area contributed by atoms with Crippen molar-refractivity contribution in [1.29, 1.82) is 0 Å². The molecule has 136 valence electrons. The Kier molecular flexibility index (Phi) is 12.3. The Morgan fingerprint density at radius 3 is 1.96 bits per heavy atom. The second kappa shape index (κ2) is 13.8. The number of primary amides is 1. The molecule has 0 bridgehead atoms. The normalized spacial score (nSPS) is 19.1. The van der Waals surface area contributed by atoms with Crippen molar-refractivity contribution in [3.05, 3.63) is 0 Å². The number of hydrogen-bond acceptors (Lipinski definition) is 3. The van der Waals surface area contributed by atoms with Gasteiger partial charge in [-0.2, -0.15) is 0 Å². The van der Waals surface area contributed by atoms with E-state index in [1.54, 1.807) is 0 Å². The Labute approximate surface area is 142 Å². The van der Waals surface area contributed by atoms with Crippen LogP contribution in [0.2, 0.25) is 0 Å². The summed E-state index contributed by atoms with van der Waals surface area (Å²) in [7, 11) is 0. The number of carbonyl (C=O) groups is 1. The van der Waals surface area contributed by atoms with Crippen LogP contribution in [0, 0.1) is 5.92 Å². The molecule has 4 nitrogen and oxygen atoms in total. The number of nitrogens with two attached hydrogens (primary N) is 1. The highest BCUT2D eigenvalue weighted by atomic mass is 16.5. The van der Waals surface area contributed by atoms with Crippen LogP contribution in [0.5, 0.6) is 0 Å². The fourth-order valence-electron chi connectivity index (χ4n) is 3.35. The van der Waals surface area contributed by atoms with Gasteiger partial charge in [0.25, 0.3) is 0 Å². The fourth-order valence-corrected chi connectivity index (χ4v) is 3.35. The van der Waals surface area contributed by atoms with E-state index in [4.69, 9.17) is 10.5 Å². The Bertz CT molecular complexity index is 291. The zero-order valence-corrected chi connectivity index (χ0v) is 15.2. The summed E-state index contributed by atoms with van der Waals surface area (Å²) < 4.78 is 5.52. The molecule has 1 rings (SSSR count). The molecular formula is C19H38N2O2. The second-order valence-electron chi connectivity index (χ2n) is 6.93. The van der Waals surface area contributed by atoms with Crippen LogP contribution in [0.15, 0.2) is 0 Å². The van der Waals surface area contributed by atoms with E-state index in [1.807, 2.05) is 0 Å². The highest BCUT2D eigenvalue weighted by molar-refractivity contribution is 5.77. The van der Waals surface area contributed by atoms with E-state index < -0.39 is 0 Å². The highest BCUT2D eigenvalue weighted by Gasteiger charge is 2.29. The Morgan fingerprint density at radius 1 is 1.00 bits per heavy atom. The lowest BCUT2D eigenvalue weighted by Crippen LogP contribution is -2.40. The summed E-state index contributed by atoms with van der Waals surface area (Å²) >= 11 is 0. The van der Waals surface area contributed by atoms with Crippen LogP contribution in [0.1, 0.15) is 90.4 Å². The maximum absolute atomic E-state index is 11.5. The number of amides is 1. The first kappa shape index (κ1) is 20.4. The monoisotopic (exact) mass is 326 g/mol. The molecule has 4 heteroatoms. The van der Waals surface area contributed by atoms with Gasteiger partial charge in [-0.3, -0.25) is 10.1 Å². The SMILES string of the molecule is CCCCCCCCCCCCCCC(C(N)=O)C1NCCO1. The van der Waals surface area contributed by atoms with Gasteiger partial charge in [-0.25, -0.2) is 0 Å². The van der Waals surface area contributed by atoms with Crippen molar-refractivity contribution in [2.45, 2.75) is 96.6 Å². The molecule has 23 heavy (non-hydrogen) atoms. The molecule has 1 aliphatic rings. The molecule has 0 aromatic heterocycles. The number of nitrogens with one attached hydrogen (secondary N) is 1. The summed E-state index contributed by atoms with van der Waals surface area (Å²) in [5.74, 6) is -0.395. The third-order valence-electron chi connectivity index (χ3n) is 4.84. The molecule has 1 fully saturated rings. The van der Waals surface area contributed by atoms with Crippen molar-refractivity contribution in [2.75, 3.05) is 13.2 Å². The molecule has 0 aromatic carbocycles. The van der Waals surface area contributed by atoms with Crippen LogP contribution in [0.4, 0.5) is 0 Å². The van der Waals surface area contributed by atoms with Gasteiger partial charge in [-0.05, 0) is 6.42 Å². The molecule has 1 heterocycles. The first-order chi connectivity index (χ1) is 11.3. The lowest BCUT2D eigenvalue weighted by molar-refractivity contribution is -0.126. The lowest BCUT2D eigenvalue weighted by atomic mass is 9.97. The third kappa shape index (κ3) is 9.98. The molecule has 1 amide bonds.